The zero-order valence-electron chi connectivity index (χ0n) is 14.0. The summed E-state index contributed by atoms with van der Waals surface area (Å²) in [6.07, 6.45) is 0.745. The number of halogens is 1. The van der Waals surface area contributed by atoms with Gasteiger partial charge in [0.25, 0.3) is 5.56 Å². The minimum absolute atomic E-state index is 0.0222. The van der Waals surface area contributed by atoms with E-state index in [1.807, 2.05) is 30.5 Å². The van der Waals surface area contributed by atoms with E-state index in [0.717, 1.165) is 17.0 Å². The van der Waals surface area contributed by atoms with Gasteiger partial charge in [0.1, 0.15) is 11.6 Å². The summed E-state index contributed by atoms with van der Waals surface area (Å²) in [5.74, 6) is -0.595. The molecule has 2 aromatic heterocycles. The van der Waals surface area contributed by atoms with Crippen LogP contribution in [0.15, 0.2) is 46.6 Å². The highest BCUT2D eigenvalue weighted by Crippen LogP contribution is 2.30. The van der Waals surface area contributed by atoms with Crippen LogP contribution in [0.5, 0.6) is 0 Å². The fourth-order valence-corrected chi connectivity index (χ4v) is 3.40. The molecular formula is C18H16ClN3O3S. The number of thiazole rings is 1. The van der Waals surface area contributed by atoms with Crippen molar-refractivity contribution >= 4 is 28.9 Å². The van der Waals surface area contributed by atoms with E-state index < -0.39 is 5.97 Å². The Labute approximate surface area is 159 Å². The van der Waals surface area contributed by atoms with Crippen LogP contribution in [-0.2, 0) is 17.9 Å². The maximum Gasteiger partial charge on any atom is 0.359 e. The number of nitrogens with zero attached hydrogens (tertiary/aromatic N) is 3. The Hall–Kier alpha value is -2.51. The minimum Gasteiger partial charge on any atom is -0.454 e. The summed E-state index contributed by atoms with van der Waals surface area (Å²) in [4.78, 5) is 28.3. The Balaban J connectivity index is 1.68. The van der Waals surface area contributed by atoms with Crippen LogP contribution in [-0.4, -0.2) is 20.7 Å². The van der Waals surface area contributed by atoms with Crippen molar-refractivity contribution in [2.45, 2.75) is 26.5 Å². The quantitative estimate of drug-likeness (QED) is 0.599. The summed E-state index contributed by atoms with van der Waals surface area (Å²) >= 11 is 7.60. The van der Waals surface area contributed by atoms with Crippen molar-refractivity contribution < 1.29 is 9.53 Å². The number of esters is 1. The highest BCUT2D eigenvalue weighted by Gasteiger charge is 2.13. The molecule has 1 aromatic carbocycles. The molecule has 0 saturated heterocycles. The van der Waals surface area contributed by atoms with Crippen LogP contribution in [0.25, 0.3) is 10.6 Å². The molecule has 3 aromatic rings. The average molecular weight is 390 g/mol. The van der Waals surface area contributed by atoms with Gasteiger partial charge in [0, 0.05) is 23.6 Å². The molecule has 0 aliphatic rings. The first-order valence-corrected chi connectivity index (χ1v) is 9.29. The van der Waals surface area contributed by atoms with Gasteiger partial charge in [-0.2, -0.15) is 5.10 Å². The first kappa shape index (κ1) is 18.3. The molecule has 0 saturated carbocycles. The molecule has 3 rings (SSSR count). The molecule has 0 aliphatic heterocycles. The van der Waals surface area contributed by atoms with Gasteiger partial charge in [0.2, 0.25) is 0 Å². The molecule has 2 heterocycles. The van der Waals surface area contributed by atoms with Gasteiger partial charge in [-0.05, 0) is 18.6 Å². The molecule has 0 aliphatic carbocycles. The number of ether oxygens (including phenoxy) is 1. The lowest BCUT2D eigenvalue weighted by atomic mass is 10.2. The van der Waals surface area contributed by atoms with Gasteiger partial charge >= 0.3 is 5.97 Å². The van der Waals surface area contributed by atoms with Crippen molar-refractivity contribution in [1.82, 2.24) is 14.8 Å². The normalized spacial score (nSPS) is 10.7. The van der Waals surface area contributed by atoms with Gasteiger partial charge < -0.3 is 4.74 Å². The zero-order chi connectivity index (χ0) is 18.5. The Bertz CT molecular complexity index is 984. The zero-order valence-corrected chi connectivity index (χ0v) is 15.6. The van der Waals surface area contributed by atoms with E-state index in [2.05, 4.69) is 10.1 Å². The van der Waals surface area contributed by atoms with Crippen LogP contribution in [0.4, 0.5) is 0 Å². The van der Waals surface area contributed by atoms with E-state index in [-0.39, 0.29) is 17.9 Å². The summed E-state index contributed by atoms with van der Waals surface area (Å²) in [6.45, 7) is 2.40. The van der Waals surface area contributed by atoms with E-state index in [9.17, 15) is 9.59 Å². The van der Waals surface area contributed by atoms with Crippen LogP contribution in [0.3, 0.4) is 0 Å². The second-order valence-electron chi connectivity index (χ2n) is 5.48. The number of hydrogen-bond acceptors (Lipinski definition) is 6. The molecule has 6 nitrogen and oxygen atoms in total. The Kier molecular flexibility index (Phi) is 5.80. The average Bonchev–Trinajstić information content (AvgIpc) is 3.11. The van der Waals surface area contributed by atoms with Crippen LogP contribution in [0.2, 0.25) is 5.02 Å². The van der Waals surface area contributed by atoms with Crippen molar-refractivity contribution in [2.75, 3.05) is 0 Å². The third-order valence-corrected chi connectivity index (χ3v) is 4.77. The molecular weight excluding hydrogens is 374 g/mol. The van der Waals surface area contributed by atoms with Crippen LogP contribution in [0.1, 0.15) is 29.5 Å². The number of carbonyl (C=O) groups excluding carboxylic acids is 1. The SMILES string of the molecule is CCCn1nc(C(=O)OCc2csc(-c3ccccc3Cl)n2)ccc1=O. The van der Waals surface area contributed by atoms with E-state index in [0.29, 0.717) is 17.3 Å². The minimum atomic E-state index is -0.595. The number of carbonyl (C=O) groups is 1. The Morgan fingerprint density at radius 1 is 1.27 bits per heavy atom. The lowest BCUT2D eigenvalue weighted by molar-refractivity contribution is 0.0458. The van der Waals surface area contributed by atoms with Crippen LogP contribution in [0, 0.1) is 0 Å². The highest BCUT2D eigenvalue weighted by atomic mass is 35.5. The molecule has 0 N–H and O–H groups in total. The summed E-state index contributed by atoms with van der Waals surface area (Å²) in [5.41, 5.74) is 1.32. The molecule has 0 bridgehead atoms. The summed E-state index contributed by atoms with van der Waals surface area (Å²) in [7, 11) is 0. The van der Waals surface area contributed by atoms with E-state index in [4.69, 9.17) is 16.3 Å². The van der Waals surface area contributed by atoms with Crippen molar-refractivity contribution in [1.29, 1.82) is 0 Å². The van der Waals surface area contributed by atoms with Gasteiger partial charge in [-0.15, -0.1) is 11.3 Å². The lowest BCUT2D eigenvalue weighted by Gasteiger charge is -2.05. The van der Waals surface area contributed by atoms with E-state index >= 15 is 0 Å². The largest absolute Gasteiger partial charge is 0.454 e. The first-order valence-electron chi connectivity index (χ1n) is 8.03. The fraction of sp³-hybridized carbons (Fsp3) is 0.222. The van der Waals surface area contributed by atoms with Crippen LogP contribution < -0.4 is 5.56 Å². The summed E-state index contributed by atoms with van der Waals surface area (Å²) in [5, 5.41) is 7.23. The van der Waals surface area contributed by atoms with Crippen molar-refractivity contribution in [2.24, 2.45) is 0 Å². The molecule has 0 radical (unpaired) electrons. The highest BCUT2D eigenvalue weighted by molar-refractivity contribution is 7.13. The van der Waals surface area contributed by atoms with Gasteiger partial charge in [-0.1, -0.05) is 36.7 Å². The van der Waals surface area contributed by atoms with Crippen LogP contribution >= 0.6 is 22.9 Å². The maximum atomic E-state index is 12.2. The van der Waals surface area contributed by atoms with E-state index in [1.54, 1.807) is 6.07 Å². The molecule has 0 atom stereocenters. The number of aryl methyl sites for hydroxylation is 1. The summed E-state index contributed by atoms with van der Waals surface area (Å²) < 4.78 is 6.52. The molecule has 26 heavy (non-hydrogen) atoms. The van der Waals surface area contributed by atoms with Gasteiger partial charge in [0.05, 0.1) is 10.7 Å². The van der Waals surface area contributed by atoms with Crippen molar-refractivity contribution in [3.63, 3.8) is 0 Å². The molecule has 8 heteroatoms. The molecule has 0 fully saturated rings. The maximum absolute atomic E-state index is 12.2. The Morgan fingerprint density at radius 3 is 2.85 bits per heavy atom. The lowest BCUT2D eigenvalue weighted by Crippen LogP contribution is -2.24. The molecule has 0 unspecified atom stereocenters. The van der Waals surface area contributed by atoms with Crippen molar-refractivity contribution in [3.05, 3.63) is 68.5 Å². The van der Waals surface area contributed by atoms with Gasteiger partial charge in [0.15, 0.2) is 5.69 Å². The molecule has 134 valence electrons. The smallest absolute Gasteiger partial charge is 0.359 e. The fourth-order valence-electron chi connectivity index (χ4n) is 2.27. The Morgan fingerprint density at radius 2 is 2.08 bits per heavy atom. The van der Waals surface area contributed by atoms with Gasteiger partial charge in [-0.25, -0.2) is 14.5 Å². The molecule has 0 amide bonds. The molecule has 0 spiro atoms. The topological polar surface area (TPSA) is 74.1 Å². The predicted molar refractivity (Wildman–Crippen MR) is 100 cm³/mol. The monoisotopic (exact) mass is 389 g/mol. The third kappa shape index (κ3) is 4.17. The number of hydrogen-bond donors (Lipinski definition) is 0. The first-order chi connectivity index (χ1) is 12.6. The standard InChI is InChI=1S/C18H16ClN3O3S/c1-2-9-22-16(23)8-7-15(21-22)18(24)25-10-12-11-26-17(20-12)13-5-3-4-6-14(13)19/h3-8,11H,2,9-10H2,1H3. The van der Waals surface area contributed by atoms with Gasteiger partial charge in [-0.3, -0.25) is 4.79 Å². The predicted octanol–water partition coefficient (Wildman–Crippen LogP) is 3.79. The number of benzene rings is 1. The third-order valence-electron chi connectivity index (χ3n) is 3.52. The van der Waals surface area contributed by atoms with E-state index in [1.165, 1.54) is 28.2 Å². The summed E-state index contributed by atoms with van der Waals surface area (Å²) in [6, 6.07) is 10.1. The van der Waals surface area contributed by atoms with Crippen molar-refractivity contribution in [3.8, 4) is 10.6 Å². The second kappa shape index (κ2) is 8.25. The second-order valence-corrected chi connectivity index (χ2v) is 6.75. The number of aromatic nitrogens is 3. The number of rotatable bonds is 6.